The smallest absolute Gasteiger partial charge is 0.261 e. The van der Waals surface area contributed by atoms with E-state index in [0.717, 1.165) is 36.1 Å². The molecule has 4 rings (SSSR count). The minimum Gasteiger partial charge on any atom is -0.367 e. The fourth-order valence-electron chi connectivity index (χ4n) is 3.81. The Balaban J connectivity index is 1.60. The summed E-state index contributed by atoms with van der Waals surface area (Å²) in [6.07, 6.45) is 2.62. The van der Waals surface area contributed by atoms with Crippen molar-refractivity contribution in [1.29, 1.82) is 0 Å². The molecule has 25 heavy (non-hydrogen) atoms. The number of ether oxygens (including phenoxy) is 1. The lowest BCUT2D eigenvalue weighted by Gasteiger charge is -2.37. The first-order valence-corrected chi connectivity index (χ1v) is 8.86. The molecular formula is C20H22N2O3. The number of benzene rings is 1. The molecule has 0 spiro atoms. The third-order valence-electron chi connectivity index (χ3n) is 5.04. The zero-order chi connectivity index (χ0) is 17.4. The van der Waals surface area contributed by atoms with Crippen LogP contribution >= 0.6 is 0 Å². The van der Waals surface area contributed by atoms with Gasteiger partial charge in [-0.25, -0.2) is 0 Å². The largest absolute Gasteiger partial charge is 0.367 e. The molecule has 0 radical (unpaired) electrons. The molecule has 1 saturated heterocycles. The van der Waals surface area contributed by atoms with E-state index in [4.69, 9.17) is 4.74 Å². The van der Waals surface area contributed by atoms with Gasteiger partial charge in [0.2, 0.25) is 0 Å². The molecular weight excluding hydrogens is 316 g/mol. The first kappa shape index (κ1) is 16.1. The van der Waals surface area contributed by atoms with Crippen LogP contribution < -0.4 is 5.56 Å². The highest BCUT2D eigenvalue weighted by molar-refractivity contribution is 5.94. The number of aryl methyl sites for hydroxylation is 2. The Labute approximate surface area is 146 Å². The molecule has 1 amide bonds. The van der Waals surface area contributed by atoms with Crippen molar-refractivity contribution in [3.8, 4) is 0 Å². The van der Waals surface area contributed by atoms with Gasteiger partial charge in [0.25, 0.3) is 11.5 Å². The molecule has 1 aliphatic heterocycles. The van der Waals surface area contributed by atoms with Gasteiger partial charge in [0.05, 0.1) is 12.6 Å². The number of morpholine rings is 1. The number of rotatable bonds is 2. The lowest BCUT2D eigenvalue weighted by Crippen LogP contribution is -2.47. The zero-order valence-corrected chi connectivity index (χ0v) is 14.3. The number of carbonyl (C=O) groups is 1. The van der Waals surface area contributed by atoms with Gasteiger partial charge in [-0.3, -0.25) is 9.59 Å². The summed E-state index contributed by atoms with van der Waals surface area (Å²) in [5, 5.41) is 0. The Morgan fingerprint density at radius 1 is 1.20 bits per heavy atom. The lowest BCUT2D eigenvalue weighted by molar-refractivity contribution is -0.0692. The number of amides is 1. The summed E-state index contributed by atoms with van der Waals surface area (Å²) >= 11 is 0. The SMILES string of the molecule is C[C@@H]1CN(C(=O)c2cc3c([nH]c2=O)CCC3)C[C@H](c2ccccc2)O1. The summed E-state index contributed by atoms with van der Waals surface area (Å²) in [4.78, 5) is 30.0. The van der Waals surface area contributed by atoms with Gasteiger partial charge >= 0.3 is 0 Å². The summed E-state index contributed by atoms with van der Waals surface area (Å²) < 4.78 is 6.01. The molecule has 5 heteroatoms. The van der Waals surface area contributed by atoms with Crippen molar-refractivity contribution in [3.63, 3.8) is 0 Å². The fourth-order valence-corrected chi connectivity index (χ4v) is 3.81. The standard InChI is InChI=1S/C20H22N2O3/c1-13-11-22(12-18(25-13)14-6-3-2-4-7-14)20(24)16-10-15-8-5-9-17(15)21-19(16)23/h2-4,6-7,10,13,18H,5,8-9,11-12H2,1H3,(H,21,23)/t13-,18-/m1/s1. The van der Waals surface area contributed by atoms with E-state index < -0.39 is 0 Å². The average molecular weight is 338 g/mol. The van der Waals surface area contributed by atoms with E-state index in [-0.39, 0.29) is 29.2 Å². The van der Waals surface area contributed by atoms with Gasteiger partial charge in [-0.05, 0) is 43.4 Å². The number of carbonyl (C=O) groups excluding carboxylic acids is 1. The van der Waals surface area contributed by atoms with Gasteiger partial charge in [-0.15, -0.1) is 0 Å². The van der Waals surface area contributed by atoms with Crippen LogP contribution in [0.5, 0.6) is 0 Å². The number of nitrogens with one attached hydrogen (secondary N) is 1. The van der Waals surface area contributed by atoms with Crippen LogP contribution in [0.3, 0.4) is 0 Å². The average Bonchev–Trinajstić information content (AvgIpc) is 3.08. The van der Waals surface area contributed by atoms with Crippen LogP contribution in [0.15, 0.2) is 41.2 Å². The maximum Gasteiger partial charge on any atom is 0.261 e. The van der Waals surface area contributed by atoms with E-state index in [2.05, 4.69) is 4.98 Å². The molecule has 1 aromatic carbocycles. The third kappa shape index (κ3) is 3.12. The van der Waals surface area contributed by atoms with Gasteiger partial charge in [0.1, 0.15) is 11.7 Å². The van der Waals surface area contributed by atoms with E-state index in [1.54, 1.807) is 11.0 Å². The number of H-pyrrole nitrogens is 1. The van der Waals surface area contributed by atoms with E-state index in [0.29, 0.717) is 13.1 Å². The van der Waals surface area contributed by atoms with Crippen LogP contribution in [0, 0.1) is 0 Å². The van der Waals surface area contributed by atoms with E-state index >= 15 is 0 Å². The summed E-state index contributed by atoms with van der Waals surface area (Å²) in [6.45, 7) is 2.92. The first-order valence-electron chi connectivity index (χ1n) is 8.86. The maximum absolute atomic E-state index is 13.0. The first-order chi connectivity index (χ1) is 12.1. The molecule has 0 unspecified atom stereocenters. The number of aromatic nitrogens is 1. The predicted octanol–water partition coefficient (Wildman–Crippen LogP) is 2.47. The van der Waals surface area contributed by atoms with Gasteiger partial charge in [0, 0.05) is 12.2 Å². The van der Waals surface area contributed by atoms with Crippen molar-refractivity contribution in [2.75, 3.05) is 13.1 Å². The molecule has 1 fully saturated rings. The van der Waals surface area contributed by atoms with E-state index in [1.165, 1.54) is 0 Å². The number of nitrogens with zero attached hydrogens (tertiary/aromatic N) is 1. The Bertz CT molecular complexity index is 844. The molecule has 0 bridgehead atoms. The molecule has 0 saturated carbocycles. The van der Waals surface area contributed by atoms with Gasteiger partial charge < -0.3 is 14.6 Å². The summed E-state index contributed by atoms with van der Waals surface area (Å²) in [7, 11) is 0. The monoisotopic (exact) mass is 338 g/mol. The van der Waals surface area contributed by atoms with Crippen LogP contribution in [0.2, 0.25) is 0 Å². The second kappa shape index (κ2) is 6.48. The molecule has 2 aliphatic rings. The van der Waals surface area contributed by atoms with Gasteiger partial charge in [0.15, 0.2) is 0 Å². The highest BCUT2D eigenvalue weighted by Crippen LogP contribution is 2.26. The minimum atomic E-state index is -0.277. The number of aromatic amines is 1. The molecule has 2 heterocycles. The van der Waals surface area contributed by atoms with Crippen LogP contribution in [0.1, 0.15) is 46.6 Å². The van der Waals surface area contributed by atoms with Crippen LogP contribution in [0.25, 0.3) is 0 Å². The summed E-state index contributed by atoms with van der Waals surface area (Å²) in [5.74, 6) is -0.202. The molecule has 1 aromatic heterocycles. The van der Waals surface area contributed by atoms with Crippen molar-refractivity contribution in [1.82, 2.24) is 9.88 Å². The second-order valence-corrected chi connectivity index (χ2v) is 6.93. The van der Waals surface area contributed by atoms with E-state index in [1.807, 2.05) is 37.3 Å². The Morgan fingerprint density at radius 2 is 2.00 bits per heavy atom. The molecule has 1 N–H and O–H groups in total. The predicted molar refractivity (Wildman–Crippen MR) is 94.7 cm³/mol. The van der Waals surface area contributed by atoms with Crippen molar-refractivity contribution in [2.45, 2.75) is 38.4 Å². The maximum atomic E-state index is 13.0. The Hall–Kier alpha value is -2.40. The zero-order valence-electron chi connectivity index (χ0n) is 14.3. The van der Waals surface area contributed by atoms with Crippen LogP contribution in [-0.4, -0.2) is 35.0 Å². The van der Waals surface area contributed by atoms with Crippen molar-refractivity contribution < 1.29 is 9.53 Å². The normalized spacial score (nSPS) is 22.7. The second-order valence-electron chi connectivity index (χ2n) is 6.93. The minimum absolute atomic E-state index is 0.0728. The molecule has 5 nitrogen and oxygen atoms in total. The Kier molecular flexibility index (Phi) is 4.17. The number of pyridine rings is 1. The fraction of sp³-hybridized carbons (Fsp3) is 0.400. The van der Waals surface area contributed by atoms with Crippen LogP contribution in [-0.2, 0) is 17.6 Å². The molecule has 2 atom stereocenters. The quantitative estimate of drug-likeness (QED) is 0.915. The molecule has 2 aromatic rings. The van der Waals surface area contributed by atoms with Gasteiger partial charge in [-0.2, -0.15) is 0 Å². The third-order valence-corrected chi connectivity index (χ3v) is 5.04. The summed E-state index contributed by atoms with van der Waals surface area (Å²) in [6, 6.07) is 11.7. The molecule has 1 aliphatic carbocycles. The van der Waals surface area contributed by atoms with Crippen molar-refractivity contribution >= 4 is 5.91 Å². The number of fused-ring (bicyclic) bond motifs is 1. The lowest BCUT2D eigenvalue weighted by atomic mass is 10.1. The molecule has 130 valence electrons. The van der Waals surface area contributed by atoms with Crippen LogP contribution in [0.4, 0.5) is 0 Å². The number of hydrogen-bond acceptors (Lipinski definition) is 3. The van der Waals surface area contributed by atoms with Gasteiger partial charge in [-0.1, -0.05) is 30.3 Å². The highest BCUT2D eigenvalue weighted by Gasteiger charge is 2.31. The topological polar surface area (TPSA) is 62.4 Å². The van der Waals surface area contributed by atoms with E-state index in [9.17, 15) is 9.59 Å². The van der Waals surface area contributed by atoms with Crippen molar-refractivity contribution in [2.24, 2.45) is 0 Å². The van der Waals surface area contributed by atoms with Crippen molar-refractivity contribution in [3.05, 3.63) is 69.1 Å². The number of hydrogen-bond donors (Lipinski definition) is 1. The summed E-state index contributed by atoms with van der Waals surface area (Å²) in [5.41, 5.74) is 3.11. The highest BCUT2D eigenvalue weighted by atomic mass is 16.5. The Morgan fingerprint density at radius 3 is 2.80 bits per heavy atom.